The smallest absolute Gasteiger partial charge is 0.0984 e. The predicted octanol–water partition coefficient (Wildman–Crippen LogP) is 0.266. The lowest BCUT2D eigenvalue weighted by atomic mass is 10.7. The summed E-state index contributed by atoms with van der Waals surface area (Å²) in [5.74, 6) is 0.875. The van der Waals surface area contributed by atoms with Crippen molar-refractivity contribution < 1.29 is 0 Å². The molecule has 0 aliphatic carbocycles. The van der Waals surface area contributed by atoms with Gasteiger partial charge in [0.2, 0.25) is 0 Å². The highest BCUT2D eigenvalue weighted by atomic mass is 32.2. The van der Waals surface area contributed by atoms with E-state index in [4.69, 9.17) is 0 Å². The third-order valence-electron chi connectivity index (χ3n) is 0.545. The second kappa shape index (κ2) is 2.21. The largest absolute Gasteiger partial charge is 0.284 e. The number of aliphatic imine (C=N–C) groups is 1. The van der Waals surface area contributed by atoms with Crippen molar-refractivity contribution in [3.05, 3.63) is 0 Å². The predicted molar refractivity (Wildman–Crippen MR) is 29.0 cm³/mol. The summed E-state index contributed by atoms with van der Waals surface area (Å²) >= 11 is 1.65. The van der Waals surface area contributed by atoms with E-state index in [2.05, 4.69) is 9.71 Å². The van der Waals surface area contributed by atoms with Crippen LogP contribution in [0.15, 0.2) is 4.99 Å². The Hall–Kier alpha value is -0.0200. The van der Waals surface area contributed by atoms with Gasteiger partial charge in [0.1, 0.15) is 0 Å². The third-order valence-corrected chi connectivity index (χ3v) is 1.19. The summed E-state index contributed by atoms with van der Waals surface area (Å²) in [4.78, 5) is 3.95. The lowest BCUT2D eigenvalue weighted by Crippen LogP contribution is -2.11. The van der Waals surface area contributed by atoms with Crippen LogP contribution in [0.3, 0.4) is 0 Å². The van der Waals surface area contributed by atoms with Gasteiger partial charge in [-0.2, -0.15) is 0 Å². The highest BCUT2D eigenvalue weighted by molar-refractivity contribution is 7.97. The number of hydrogen-bond donors (Lipinski definition) is 1. The molecule has 0 amide bonds. The van der Waals surface area contributed by atoms with Crippen molar-refractivity contribution in [2.45, 2.75) is 0 Å². The summed E-state index contributed by atoms with van der Waals surface area (Å²) in [6.45, 7) is 0.921. The van der Waals surface area contributed by atoms with Gasteiger partial charge in [-0.15, -0.1) is 0 Å². The first-order valence-corrected chi connectivity index (χ1v) is 2.81. The Labute approximate surface area is 41.2 Å². The molecule has 1 N–H and O–H groups in total. The molecule has 0 aromatic carbocycles. The van der Waals surface area contributed by atoms with E-state index < -0.39 is 0 Å². The van der Waals surface area contributed by atoms with Crippen LogP contribution >= 0.6 is 11.9 Å². The second-order valence-corrected chi connectivity index (χ2v) is 1.82. The Morgan fingerprint density at radius 1 is 1.83 bits per heavy atom. The molecule has 0 aromatic rings. The van der Waals surface area contributed by atoms with Crippen molar-refractivity contribution >= 4 is 18.2 Å². The van der Waals surface area contributed by atoms with Crippen LogP contribution < -0.4 is 4.72 Å². The quantitative estimate of drug-likeness (QED) is 0.444. The number of rotatable bonds is 0. The highest BCUT2D eigenvalue weighted by Crippen LogP contribution is 1.93. The molecule has 1 heterocycles. The first-order valence-electron chi connectivity index (χ1n) is 1.83. The van der Waals surface area contributed by atoms with Crippen LogP contribution in [-0.2, 0) is 0 Å². The molecule has 0 unspecified atom stereocenters. The zero-order valence-electron chi connectivity index (χ0n) is 3.35. The summed E-state index contributed by atoms with van der Waals surface area (Å²) in [5, 5.41) is 0. The van der Waals surface area contributed by atoms with Crippen LogP contribution in [-0.4, -0.2) is 18.6 Å². The summed E-state index contributed by atoms with van der Waals surface area (Å²) in [7, 11) is 0. The summed E-state index contributed by atoms with van der Waals surface area (Å²) in [5.41, 5.74) is 0. The Balaban J connectivity index is 2.26. The molecule has 1 rings (SSSR count). The van der Waals surface area contributed by atoms with Crippen molar-refractivity contribution in [2.24, 2.45) is 4.99 Å². The molecule has 0 atom stereocenters. The van der Waals surface area contributed by atoms with Gasteiger partial charge in [-0.05, 0) is 0 Å². The van der Waals surface area contributed by atoms with Crippen LogP contribution in [0.4, 0.5) is 0 Å². The lowest BCUT2D eigenvalue weighted by molar-refractivity contribution is 1.14. The first kappa shape index (κ1) is 4.15. The minimum absolute atomic E-state index is 0.875. The molecule has 34 valence electrons. The fraction of sp³-hybridized carbons (Fsp3) is 0.667. The second-order valence-electron chi connectivity index (χ2n) is 0.987. The maximum absolute atomic E-state index is 3.95. The maximum atomic E-state index is 3.95. The lowest BCUT2D eigenvalue weighted by Gasteiger charge is -2.00. The summed E-state index contributed by atoms with van der Waals surface area (Å²) < 4.78 is 3.05. The van der Waals surface area contributed by atoms with Gasteiger partial charge < -0.3 is 0 Å². The van der Waals surface area contributed by atoms with Gasteiger partial charge in [0.25, 0.3) is 0 Å². The maximum Gasteiger partial charge on any atom is 0.0984 e. The van der Waals surface area contributed by atoms with Gasteiger partial charge >= 0.3 is 0 Å². The monoisotopic (exact) mass is 102 g/mol. The van der Waals surface area contributed by atoms with Crippen LogP contribution in [0.2, 0.25) is 0 Å². The molecule has 1 aliphatic rings. The minimum Gasteiger partial charge on any atom is -0.284 e. The Kier molecular flexibility index (Phi) is 1.52. The molecule has 0 fully saturated rings. The van der Waals surface area contributed by atoms with Crippen molar-refractivity contribution in [3.8, 4) is 0 Å². The third kappa shape index (κ3) is 0.988. The van der Waals surface area contributed by atoms with Gasteiger partial charge in [0.05, 0.1) is 5.88 Å². The van der Waals surface area contributed by atoms with Crippen LogP contribution in [0.25, 0.3) is 0 Å². The Bertz CT molecular complexity index is 53.8. The molecule has 0 radical (unpaired) electrons. The SMILES string of the molecule is C1=NCSNC1. The van der Waals surface area contributed by atoms with E-state index in [0.29, 0.717) is 0 Å². The van der Waals surface area contributed by atoms with Crippen molar-refractivity contribution in [2.75, 3.05) is 12.4 Å². The highest BCUT2D eigenvalue weighted by Gasteiger charge is 1.85. The normalized spacial score (nSPS) is 21.3. The van der Waals surface area contributed by atoms with E-state index in [1.165, 1.54) is 0 Å². The zero-order valence-corrected chi connectivity index (χ0v) is 4.16. The molecule has 6 heavy (non-hydrogen) atoms. The van der Waals surface area contributed by atoms with Crippen molar-refractivity contribution in [1.82, 2.24) is 4.72 Å². The van der Waals surface area contributed by atoms with Crippen LogP contribution in [0.1, 0.15) is 0 Å². The standard InChI is InChI=1S/C3H6N2S/c1-2-5-6-3-4-1/h1,5H,2-3H2. The molecule has 0 saturated heterocycles. The van der Waals surface area contributed by atoms with E-state index in [9.17, 15) is 0 Å². The average molecular weight is 102 g/mol. The zero-order chi connectivity index (χ0) is 4.24. The Morgan fingerprint density at radius 3 is 3.00 bits per heavy atom. The van der Waals surface area contributed by atoms with Gasteiger partial charge in [-0.1, -0.05) is 11.9 Å². The van der Waals surface area contributed by atoms with Gasteiger partial charge in [-0.3, -0.25) is 9.71 Å². The fourth-order valence-electron chi connectivity index (χ4n) is 0.296. The van der Waals surface area contributed by atoms with Gasteiger partial charge in [0, 0.05) is 12.8 Å². The number of hydrogen-bond acceptors (Lipinski definition) is 3. The van der Waals surface area contributed by atoms with Crippen LogP contribution in [0, 0.1) is 0 Å². The molecule has 0 saturated carbocycles. The van der Waals surface area contributed by atoms with E-state index in [1.54, 1.807) is 11.9 Å². The van der Waals surface area contributed by atoms with Gasteiger partial charge in [0.15, 0.2) is 0 Å². The van der Waals surface area contributed by atoms with E-state index in [1.807, 2.05) is 6.21 Å². The fourth-order valence-corrected chi connectivity index (χ4v) is 0.760. The molecule has 3 heteroatoms. The van der Waals surface area contributed by atoms with Gasteiger partial charge in [-0.25, -0.2) is 0 Å². The van der Waals surface area contributed by atoms with Crippen molar-refractivity contribution in [3.63, 3.8) is 0 Å². The van der Waals surface area contributed by atoms with E-state index >= 15 is 0 Å². The summed E-state index contributed by atoms with van der Waals surface area (Å²) in [6, 6.07) is 0. The topological polar surface area (TPSA) is 24.4 Å². The van der Waals surface area contributed by atoms with E-state index in [-0.39, 0.29) is 0 Å². The number of nitrogens with zero attached hydrogens (tertiary/aromatic N) is 1. The molecule has 0 aromatic heterocycles. The summed E-state index contributed by atoms with van der Waals surface area (Å²) in [6.07, 6.45) is 1.89. The Morgan fingerprint density at radius 2 is 2.83 bits per heavy atom. The first-order chi connectivity index (χ1) is 3.00. The molecule has 2 nitrogen and oxygen atoms in total. The molecule has 0 bridgehead atoms. The average Bonchev–Trinajstić information content (AvgIpc) is 1.72. The van der Waals surface area contributed by atoms with E-state index in [0.717, 1.165) is 12.4 Å². The molecular weight excluding hydrogens is 96.1 g/mol. The molecule has 0 spiro atoms. The molecular formula is C3H6N2S. The molecule has 1 aliphatic heterocycles. The minimum atomic E-state index is 0.875. The van der Waals surface area contributed by atoms with Crippen molar-refractivity contribution in [1.29, 1.82) is 0 Å². The number of nitrogens with one attached hydrogen (secondary N) is 1. The van der Waals surface area contributed by atoms with Crippen LogP contribution in [0.5, 0.6) is 0 Å².